The van der Waals surface area contributed by atoms with Crippen molar-refractivity contribution in [2.45, 2.75) is 32.1 Å². The van der Waals surface area contributed by atoms with Gasteiger partial charge in [0.2, 0.25) is 5.91 Å². The molecular weight excluding hydrogens is 460 g/mol. The molecule has 2 N–H and O–H groups in total. The van der Waals surface area contributed by atoms with Gasteiger partial charge in [0, 0.05) is 18.0 Å². The number of rotatable bonds is 9. The van der Waals surface area contributed by atoms with Gasteiger partial charge in [0.1, 0.15) is 17.2 Å². The number of ether oxygens (including phenoxy) is 2. The zero-order valence-corrected chi connectivity index (χ0v) is 20.5. The van der Waals surface area contributed by atoms with Gasteiger partial charge in [-0.05, 0) is 50.3 Å². The maximum absolute atomic E-state index is 13.3. The lowest BCUT2D eigenvalue weighted by Gasteiger charge is -2.15. The lowest BCUT2D eigenvalue weighted by atomic mass is 9.97. The number of fused-ring (bicyclic) bond motifs is 1. The molecule has 36 heavy (non-hydrogen) atoms. The average molecular weight is 491 g/mol. The Morgan fingerprint density at radius 3 is 2.56 bits per heavy atom. The summed E-state index contributed by atoms with van der Waals surface area (Å²) in [7, 11) is 3.00. The van der Waals surface area contributed by atoms with Crippen molar-refractivity contribution in [1.82, 2.24) is 20.4 Å². The number of hydrogen-bond acceptors (Lipinski definition) is 6. The summed E-state index contributed by atoms with van der Waals surface area (Å²) in [6, 6.07) is 11.7. The lowest BCUT2D eigenvalue weighted by Crippen LogP contribution is -2.38. The first kappa shape index (κ1) is 25.0. The predicted octanol–water partition coefficient (Wildman–Crippen LogP) is 3.14. The van der Waals surface area contributed by atoms with E-state index in [0.717, 1.165) is 23.9 Å². The molecule has 1 aliphatic rings. The molecule has 1 aliphatic carbocycles. The van der Waals surface area contributed by atoms with E-state index in [0.29, 0.717) is 34.5 Å². The van der Waals surface area contributed by atoms with Crippen LogP contribution in [0.3, 0.4) is 0 Å². The number of amides is 2. The van der Waals surface area contributed by atoms with Crippen LogP contribution in [0.5, 0.6) is 11.5 Å². The highest BCUT2D eigenvalue weighted by Gasteiger charge is 2.20. The van der Waals surface area contributed by atoms with Crippen LogP contribution in [-0.4, -0.2) is 48.9 Å². The minimum absolute atomic E-state index is 0.0308. The molecule has 0 saturated carbocycles. The molecule has 0 saturated heterocycles. The number of aromatic nitrogens is 2. The van der Waals surface area contributed by atoms with E-state index >= 15 is 0 Å². The highest BCUT2D eigenvalue weighted by molar-refractivity contribution is 6.05. The fourth-order valence-electron chi connectivity index (χ4n) is 4.28. The average Bonchev–Trinajstić information content (AvgIpc) is 2.92. The molecule has 188 valence electrons. The summed E-state index contributed by atoms with van der Waals surface area (Å²) < 4.78 is 11.8. The highest BCUT2D eigenvalue weighted by Crippen LogP contribution is 2.27. The van der Waals surface area contributed by atoms with Gasteiger partial charge in [-0.1, -0.05) is 29.8 Å². The Bertz CT molecular complexity index is 1360. The van der Waals surface area contributed by atoms with Crippen LogP contribution in [0, 0.1) is 0 Å². The second-order valence-corrected chi connectivity index (χ2v) is 8.54. The summed E-state index contributed by atoms with van der Waals surface area (Å²) in [5.74, 6) is 0.0676. The number of carbonyl (C=O) groups excluding carboxylic acids is 2. The first-order valence-corrected chi connectivity index (χ1v) is 12.0. The summed E-state index contributed by atoms with van der Waals surface area (Å²) in [6.45, 7) is 0.336. The third-order valence-corrected chi connectivity index (χ3v) is 6.20. The van der Waals surface area contributed by atoms with E-state index in [9.17, 15) is 14.4 Å². The number of allylic oxidation sites excluding steroid dienone is 1. The molecule has 9 heteroatoms. The van der Waals surface area contributed by atoms with Crippen molar-refractivity contribution in [1.29, 1.82) is 0 Å². The van der Waals surface area contributed by atoms with Crippen LogP contribution < -0.4 is 25.7 Å². The molecule has 2 aromatic carbocycles. The molecule has 0 fully saturated rings. The van der Waals surface area contributed by atoms with Crippen LogP contribution in [0.4, 0.5) is 0 Å². The first-order chi connectivity index (χ1) is 17.5. The van der Waals surface area contributed by atoms with E-state index in [1.54, 1.807) is 42.5 Å². The lowest BCUT2D eigenvalue weighted by molar-refractivity contribution is -0.120. The molecule has 3 aromatic rings. The Morgan fingerprint density at radius 1 is 1.03 bits per heavy atom. The Hall–Kier alpha value is -4.14. The number of nitrogens with one attached hydrogen (secondary N) is 2. The summed E-state index contributed by atoms with van der Waals surface area (Å²) in [6.07, 6.45) is 7.68. The third kappa shape index (κ3) is 5.56. The molecule has 1 heterocycles. The SMILES string of the molecule is COc1ccc(-n2nc(C(=O)NCC(=O)NCCC3=CCCCC3)c3ccccc3c2=O)c(OC)c1. The van der Waals surface area contributed by atoms with E-state index in [2.05, 4.69) is 21.8 Å². The maximum atomic E-state index is 13.3. The molecule has 0 bridgehead atoms. The fraction of sp³-hybridized carbons (Fsp3) is 0.333. The normalized spacial score (nSPS) is 13.1. The van der Waals surface area contributed by atoms with Gasteiger partial charge in [-0.25, -0.2) is 0 Å². The van der Waals surface area contributed by atoms with E-state index in [4.69, 9.17) is 9.47 Å². The van der Waals surface area contributed by atoms with Crippen molar-refractivity contribution >= 4 is 22.6 Å². The van der Waals surface area contributed by atoms with Crippen molar-refractivity contribution in [3.05, 3.63) is 70.2 Å². The van der Waals surface area contributed by atoms with E-state index in [1.165, 1.54) is 32.6 Å². The Balaban J connectivity index is 1.55. The summed E-state index contributed by atoms with van der Waals surface area (Å²) >= 11 is 0. The molecule has 0 spiro atoms. The second-order valence-electron chi connectivity index (χ2n) is 8.54. The van der Waals surface area contributed by atoms with Gasteiger partial charge in [-0.3, -0.25) is 14.4 Å². The van der Waals surface area contributed by atoms with Crippen LogP contribution in [0.15, 0.2) is 58.9 Å². The summed E-state index contributed by atoms with van der Waals surface area (Å²) in [5.41, 5.74) is 1.36. The number of methoxy groups -OCH3 is 2. The second kappa shape index (κ2) is 11.5. The molecule has 0 unspecified atom stereocenters. The topological polar surface area (TPSA) is 112 Å². The molecule has 4 rings (SSSR count). The van der Waals surface area contributed by atoms with Gasteiger partial charge in [0.15, 0.2) is 5.69 Å². The molecule has 0 radical (unpaired) electrons. The third-order valence-electron chi connectivity index (χ3n) is 6.20. The molecule has 1 aromatic heterocycles. The van der Waals surface area contributed by atoms with E-state index in [1.807, 2.05) is 0 Å². The standard InChI is InChI=1S/C27H30N4O5/c1-35-19-12-13-22(23(16-19)36-2)31-27(34)21-11-7-6-10-20(21)25(30-31)26(33)29-17-24(32)28-15-14-18-8-4-3-5-9-18/h6-8,10-13,16H,3-5,9,14-15,17H2,1-2H3,(H,28,32)(H,29,33). The quantitative estimate of drug-likeness (QED) is 0.446. The number of benzene rings is 2. The number of hydrogen-bond donors (Lipinski definition) is 2. The van der Waals surface area contributed by atoms with Crippen molar-refractivity contribution in [2.75, 3.05) is 27.3 Å². The fourth-order valence-corrected chi connectivity index (χ4v) is 4.28. The predicted molar refractivity (Wildman–Crippen MR) is 137 cm³/mol. The minimum atomic E-state index is -0.558. The van der Waals surface area contributed by atoms with Crippen molar-refractivity contribution in [3.8, 4) is 17.2 Å². The van der Waals surface area contributed by atoms with Crippen LogP contribution in [0.25, 0.3) is 16.5 Å². The minimum Gasteiger partial charge on any atom is -0.497 e. The Morgan fingerprint density at radius 2 is 1.83 bits per heavy atom. The number of carbonyl (C=O) groups is 2. The van der Waals surface area contributed by atoms with Gasteiger partial charge in [-0.15, -0.1) is 0 Å². The van der Waals surface area contributed by atoms with Crippen LogP contribution >= 0.6 is 0 Å². The molecule has 9 nitrogen and oxygen atoms in total. The Kier molecular flexibility index (Phi) is 7.99. The zero-order valence-electron chi connectivity index (χ0n) is 20.5. The molecule has 2 amide bonds. The van der Waals surface area contributed by atoms with E-state index in [-0.39, 0.29) is 18.1 Å². The highest BCUT2D eigenvalue weighted by atomic mass is 16.5. The van der Waals surface area contributed by atoms with Crippen molar-refractivity contribution in [3.63, 3.8) is 0 Å². The Labute approximate surface area is 209 Å². The smallest absolute Gasteiger partial charge is 0.279 e. The van der Waals surface area contributed by atoms with Crippen LogP contribution in [0.2, 0.25) is 0 Å². The largest absolute Gasteiger partial charge is 0.497 e. The zero-order chi connectivity index (χ0) is 25.5. The summed E-state index contributed by atoms with van der Waals surface area (Å²) in [5, 5.41) is 10.6. The van der Waals surface area contributed by atoms with Crippen LogP contribution in [-0.2, 0) is 4.79 Å². The maximum Gasteiger partial charge on any atom is 0.279 e. The van der Waals surface area contributed by atoms with Gasteiger partial charge in [0.25, 0.3) is 11.5 Å². The molecule has 0 atom stereocenters. The van der Waals surface area contributed by atoms with Crippen LogP contribution in [0.1, 0.15) is 42.6 Å². The van der Waals surface area contributed by atoms with Crippen molar-refractivity contribution < 1.29 is 19.1 Å². The van der Waals surface area contributed by atoms with Gasteiger partial charge in [0.05, 0.1) is 26.2 Å². The summed E-state index contributed by atoms with van der Waals surface area (Å²) in [4.78, 5) is 38.7. The van der Waals surface area contributed by atoms with Gasteiger partial charge >= 0.3 is 0 Å². The number of nitrogens with zero attached hydrogens (tertiary/aromatic N) is 2. The first-order valence-electron chi connectivity index (χ1n) is 12.0. The van der Waals surface area contributed by atoms with E-state index < -0.39 is 11.5 Å². The monoisotopic (exact) mass is 490 g/mol. The van der Waals surface area contributed by atoms with Crippen molar-refractivity contribution in [2.24, 2.45) is 0 Å². The molecular formula is C27H30N4O5. The molecule has 0 aliphatic heterocycles. The van der Waals surface area contributed by atoms with Gasteiger partial charge < -0.3 is 20.1 Å². The van der Waals surface area contributed by atoms with Gasteiger partial charge in [-0.2, -0.15) is 9.78 Å².